The van der Waals surface area contributed by atoms with Crippen LogP contribution in [-0.4, -0.2) is 29.3 Å². The summed E-state index contributed by atoms with van der Waals surface area (Å²) in [7, 11) is 1.98. The second-order valence-electron chi connectivity index (χ2n) is 4.93. The topological polar surface area (TPSA) is 54.2 Å². The molecule has 0 aliphatic rings. The standard InChI is InChI=1S/C12H24N4O/c1-7-12(4,5)16(6)11-15-14-10(17-11)9(3)13-8-2/h9,13H,7-8H2,1-6H3. The number of nitrogens with one attached hydrogen (secondary N) is 1. The molecule has 0 saturated heterocycles. The molecule has 1 atom stereocenters. The van der Waals surface area contributed by atoms with Crippen molar-refractivity contribution in [1.82, 2.24) is 15.5 Å². The molecule has 5 heteroatoms. The summed E-state index contributed by atoms with van der Waals surface area (Å²) in [6, 6.07) is 0.677. The Balaban J connectivity index is 2.80. The van der Waals surface area contributed by atoms with Crippen LogP contribution in [0.1, 0.15) is 53.0 Å². The molecule has 1 heterocycles. The maximum Gasteiger partial charge on any atom is 0.318 e. The van der Waals surface area contributed by atoms with E-state index in [0.717, 1.165) is 13.0 Å². The Labute approximate surface area is 104 Å². The lowest BCUT2D eigenvalue weighted by Gasteiger charge is -2.33. The predicted octanol–water partition coefficient (Wildman–Crippen LogP) is 2.36. The fourth-order valence-electron chi connectivity index (χ4n) is 1.43. The van der Waals surface area contributed by atoms with Gasteiger partial charge >= 0.3 is 6.01 Å². The molecule has 0 aromatic carbocycles. The van der Waals surface area contributed by atoms with Crippen LogP contribution in [0, 0.1) is 0 Å². The summed E-state index contributed by atoms with van der Waals surface area (Å²) in [5.41, 5.74) is 0.0191. The minimum absolute atomic E-state index is 0.0191. The third-order valence-electron chi connectivity index (χ3n) is 3.37. The van der Waals surface area contributed by atoms with Gasteiger partial charge in [-0.2, -0.15) is 0 Å². The fourth-order valence-corrected chi connectivity index (χ4v) is 1.43. The molecule has 0 bridgehead atoms. The number of anilines is 1. The van der Waals surface area contributed by atoms with E-state index in [-0.39, 0.29) is 11.6 Å². The zero-order valence-electron chi connectivity index (χ0n) is 11.7. The minimum Gasteiger partial charge on any atom is -0.406 e. The largest absolute Gasteiger partial charge is 0.406 e. The van der Waals surface area contributed by atoms with Crippen LogP contribution in [0.15, 0.2) is 4.42 Å². The number of hydrogen-bond acceptors (Lipinski definition) is 5. The Morgan fingerprint density at radius 1 is 1.35 bits per heavy atom. The Bertz CT molecular complexity index is 348. The van der Waals surface area contributed by atoms with Gasteiger partial charge in [0.25, 0.3) is 0 Å². The number of hydrogen-bond donors (Lipinski definition) is 1. The normalized spacial score (nSPS) is 13.8. The molecule has 17 heavy (non-hydrogen) atoms. The van der Waals surface area contributed by atoms with Crippen molar-refractivity contribution in [2.75, 3.05) is 18.5 Å². The zero-order valence-corrected chi connectivity index (χ0v) is 11.7. The van der Waals surface area contributed by atoms with Crippen LogP contribution >= 0.6 is 0 Å². The summed E-state index contributed by atoms with van der Waals surface area (Å²) in [5, 5.41) is 11.4. The van der Waals surface area contributed by atoms with Crippen LogP contribution in [0.25, 0.3) is 0 Å². The molecule has 1 aromatic heterocycles. The van der Waals surface area contributed by atoms with Gasteiger partial charge in [-0.15, -0.1) is 5.10 Å². The average Bonchev–Trinajstić information content (AvgIpc) is 2.77. The number of aromatic nitrogens is 2. The first kappa shape index (κ1) is 14.0. The molecule has 0 amide bonds. The van der Waals surface area contributed by atoms with E-state index in [9.17, 15) is 0 Å². The maximum absolute atomic E-state index is 5.69. The lowest BCUT2D eigenvalue weighted by molar-refractivity contribution is 0.388. The van der Waals surface area contributed by atoms with Crippen LogP contribution in [0.4, 0.5) is 6.01 Å². The van der Waals surface area contributed by atoms with Crippen molar-refractivity contribution in [2.45, 2.75) is 52.6 Å². The molecule has 0 spiro atoms. The molecule has 1 aromatic rings. The van der Waals surface area contributed by atoms with Crippen molar-refractivity contribution in [3.05, 3.63) is 5.89 Å². The van der Waals surface area contributed by atoms with Crippen molar-refractivity contribution in [3.63, 3.8) is 0 Å². The van der Waals surface area contributed by atoms with Gasteiger partial charge in [0, 0.05) is 12.6 Å². The molecule has 98 valence electrons. The van der Waals surface area contributed by atoms with Crippen LogP contribution < -0.4 is 10.2 Å². The highest BCUT2D eigenvalue weighted by atomic mass is 16.4. The van der Waals surface area contributed by atoms with Gasteiger partial charge in [-0.1, -0.05) is 18.9 Å². The molecule has 0 aliphatic carbocycles. The third kappa shape index (κ3) is 3.19. The van der Waals surface area contributed by atoms with Gasteiger partial charge in [0.2, 0.25) is 5.89 Å². The van der Waals surface area contributed by atoms with Crippen LogP contribution in [0.3, 0.4) is 0 Å². The Morgan fingerprint density at radius 2 is 2.00 bits per heavy atom. The second kappa shape index (κ2) is 5.49. The van der Waals surface area contributed by atoms with Crippen molar-refractivity contribution in [2.24, 2.45) is 0 Å². The van der Waals surface area contributed by atoms with E-state index in [1.165, 1.54) is 0 Å². The van der Waals surface area contributed by atoms with Crippen molar-refractivity contribution in [1.29, 1.82) is 0 Å². The van der Waals surface area contributed by atoms with Crippen LogP contribution in [0.5, 0.6) is 0 Å². The van der Waals surface area contributed by atoms with E-state index in [4.69, 9.17) is 4.42 Å². The first-order valence-electron chi connectivity index (χ1n) is 6.23. The lowest BCUT2D eigenvalue weighted by Crippen LogP contribution is -2.40. The van der Waals surface area contributed by atoms with Gasteiger partial charge in [0.1, 0.15) is 0 Å². The number of nitrogens with zero attached hydrogens (tertiary/aromatic N) is 3. The maximum atomic E-state index is 5.69. The lowest BCUT2D eigenvalue weighted by atomic mass is 10.0. The smallest absolute Gasteiger partial charge is 0.318 e. The van der Waals surface area contributed by atoms with Gasteiger partial charge in [0.15, 0.2) is 0 Å². The highest BCUT2D eigenvalue weighted by Crippen LogP contribution is 2.24. The zero-order chi connectivity index (χ0) is 13.1. The molecule has 1 N–H and O–H groups in total. The Hall–Kier alpha value is -1.10. The van der Waals surface area contributed by atoms with E-state index in [0.29, 0.717) is 11.9 Å². The van der Waals surface area contributed by atoms with E-state index in [1.54, 1.807) is 0 Å². The molecular formula is C12H24N4O. The summed E-state index contributed by atoms with van der Waals surface area (Å²) >= 11 is 0. The first-order chi connectivity index (χ1) is 7.92. The van der Waals surface area contributed by atoms with E-state index in [2.05, 4.69) is 43.2 Å². The molecule has 0 aliphatic heterocycles. The molecule has 1 unspecified atom stereocenters. The van der Waals surface area contributed by atoms with Crippen molar-refractivity contribution < 1.29 is 4.42 Å². The van der Waals surface area contributed by atoms with Gasteiger partial charge in [-0.3, -0.25) is 0 Å². The van der Waals surface area contributed by atoms with Gasteiger partial charge in [0.05, 0.1) is 6.04 Å². The highest BCUT2D eigenvalue weighted by molar-refractivity contribution is 5.27. The molecular weight excluding hydrogens is 216 g/mol. The van der Waals surface area contributed by atoms with Gasteiger partial charge in [-0.25, -0.2) is 0 Å². The second-order valence-corrected chi connectivity index (χ2v) is 4.93. The van der Waals surface area contributed by atoms with E-state index in [1.807, 2.05) is 18.9 Å². The van der Waals surface area contributed by atoms with Gasteiger partial charge < -0.3 is 14.6 Å². The minimum atomic E-state index is 0.0191. The molecule has 0 radical (unpaired) electrons. The monoisotopic (exact) mass is 240 g/mol. The Morgan fingerprint density at radius 3 is 2.53 bits per heavy atom. The van der Waals surface area contributed by atoms with Crippen molar-refractivity contribution >= 4 is 6.01 Å². The summed E-state index contributed by atoms with van der Waals surface area (Å²) in [4.78, 5) is 2.03. The third-order valence-corrected chi connectivity index (χ3v) is 3.37. The van der Waals surface area contributed by atoms with Crippen LogP contribution in [0.2, 0.25) is 0 Å². The van der Waals surface area contributed by atoms with Crippen LogP contribution in [-0.2, 0) is 0 Å². The summed E-state index contributed by atoms with van der Waals surface area (Å²) in [6.45, 7) is 11.4. The quantitative estimate of drug-likeness (QED) is 0.827. The summed E-state index contributed by atoms with van der Waals surface area (Å²) < 4.78 is 5.69. The van der Waals surface area contributed by atoms with E-state index >= 15 is 0 Å². The predicted molar refractivity (Wildman–Crippen MR) is 69.2 cm³/mol. The fraction of sp³-hybridized carbons (Fsp3) is 0.833. The Kier molecular flexibility index (Phi) is 4.51. The molecule has 0 saturated carbocycles. The molecule has 1 rings (SSSR count). The molecule has 0 fully saturated rings. The van der Waals surface area contributed by atoms with E-state index < -0.39 is 0 Å². The average molecular weight is 240 g/mol. The SMILES string of the molecule is CCNC(C)c1nnc(N(C)C(C)(C)CC)o1. The summed E-state index contributed by atoms with van der Waals surface area (Å²) in [5.74, 6) is 0.639. The van der Waals surface area contributed by atoms with Crippen molar-refractivity contribution in [3.8, 4) is 0 Å². The molecule has 5 nitrogen and oxygen atoms in total. The van der Waals surface area contributed by atoms with Gasteiger partial charge in [-0.05, 0) is 33.7 Å². The number of rotatable bonds is 6. The first-order valence-corrected chi connectivity index (χ1v) is 6.23. The summed E-state index contributed by atoms with van der Waals surface area (Å²) in [6.07, 6.45) is 1.02. The highest BCUT2D eigenvalue weighted by Gasteiger charge is 2.26.